The standard InChI is InChI=1S/C11H13N5/c1-8(12)15-11-3-2-9(6-10(11)13)16-5-4-14-7-16/h2-7,15H,1,12-13H2. The van der Waals surface area contributed by atoms with Crippen molar-refractivity contribution in [3.05, 3.63) is 49.3 Å². The van der Waals surface area contributed by atoms with Gasteiger partial charge in [0.05, 0.1) is 23.5 Å². The van der Waals surface area contributed by atoms with Crippen LogP contribution in [0, 0.1) is 0 Å². The Morgan fingerprint density at radius 3 is 2.81 bits per heavy atom. The van der Waals surface area contributed by atoms with Gasteiger partial charge in [-0.1, -0.05) is 6.58 Å². The van der Waals surface area contributed by atoms with Crippen molar-refractivity contribution in [1.82, 2.24) is 9.55 Å². The van der Waals surface area contributed by atoms with Crippen molar-refractivity contribution in [2.75, 3.05) is 11.1 Å². The number of anilines is 2. The maximum absolute atomic E-state index is 5.88. The molecule has 2 rings (SSSR count). The minimum absolute atomic E-state index is 0.363. The number of nitrogens with one attached hydrogen (secondary N) is 1. The Labute approximate surface area is 93.4 Å². The predicted molar refractivity (Wildman–Crippen MR) is 64.9 cm³/mol. The third kappa shape index (κ3) is 1.98. The third-order valence-corrected chi connectivity index (χ3v) is 2.13. The van der Waals surface area contributed by atoms with Gasteiger partial charge in [-0.15, -0.1) is 0 Å². The Balaban J connectivity index is 2.33. The van der Waals surface area contributed by atoms with E-state index in [9.17, 15) is 0 Å². The first-order valence-corrected chi connectivity index (χ1v) is 4.76. The molecule has 0 spiro atoms. The second-order valence-corrected chi connectivity index (χ2v) is 3.39. The number of hydrogen-bond donors (Lipinski definition) is 3. The number of nitrogen functional groups attached to an aromatic ring is 1. The van der Waals surface area contributed by atoms with Crippen LogP contribution in [0.25, 0.3) is 5.69 Å². The van der Waals surface area contributed by atoms with Crippen LogP contribution in [-0.2, 0) is 0 Å². The molecule has 0 amide bonds. The second-order valence-electron chi connectivity index (χ2n) is 3.39. The lowest BCUT2D eigenvalue weighted by Gasteiger charge is -2.10. The Morgan fingerprint density at radius 1 is 1.44 bits per heavy atom. The van der Waals surface area contributed by atoms with E-state index in [2.05, 4.69) is 16.9 Å². The molecule has 1 aromatic heterocycles. The Kier molecular flexibility index (Phi) is 2.51. The van der Waals surface area contributed by atoms with Crippen molar-refractivity contribution in [3.8, 4) is 5.69 Å². The fraction of sp³-hybridized carbons (Fsp3) is 0. The molecule has 0 bridgehead atoms. The SMILES string of the molecule is C=C(N)Nc1ccc(-n2ccnc2)cc1N. The number of nitrogens with zero attached hydrogens (tertiary/aromatic N) is 2. The quantitative estimate of drug-likeness (QED) is 0.674. The van der Waals surface area contributed by atoms with E-state index >= 15 is 0 Å². The molecule has 0 aliphatic rings. The summed E-state index contributed by atoms with van der Waals surface area (Å²) in [5.41, 5.74) is 13.6. The molecular weight excluding hydrogens is 202 g/mol. The normalized spacial score (nSPS) is 10.0. The van der Waals surface area contributed by atoms with Gasteiger partial charge in [0, 0.05) is 18.1 Å². The lowest BCUT2D eigenvalue weighted by Crippen LogP contribution is -2.08. The molecule has 0 saturated carbocycles. The number of benzene rings is 1. The van der Waals surface area contributed by atoms with Crippen LogP contribution in [0.3, 0.4) is 0 Å². The minimum Gasteiger partial charge on any atom is -0.397 e. The number of rotatable bonds is 3. The average molecular weight is 215 g/mol. The van der Waals surface area contributed by atoms with Gasteiger partial charge in [0.1, 0.15) is 0 Å². The summed E-state index contributed by atoms with van der Waals surface area (Å²) in [6.45, 7) is 3.56. The molecule has 2 aromatic rings. The summed E-state index contributed by atoms with van der Waals surface area (Å²) in [7, 11) is 0. The zero-order valence-electron chi connectivity index (χ0n) is 8.72. The highest BCUT2D eigenvalue weighted by Gasteiger charge is 2.01. The zero-order chi connectivity index (χ0) is 11.5. The second kappa shape index (κ2) is 3.98. The van der Waals surface area contributed by atoms with Crippen molar-refractivity contribution < 1.29 is 0 Å². The first-order valence-electron chi connectivity index (χ1n) is 4.76. The molecule has 0 aliphatic heterocycles. The third-order valence-electron chi connectivity index (χ3n) is 2.13. The van der Waals surface area contributed by atoms with Gasteiger partial charge in [-0.3, -0.25) is 0 Å². The summed E-state index contributed by atoms with van der Waals surface area (Å²) in [6, 6.07) is 5.61. The van der Waals surface area contributed by atoms with Gasteiger partial charge in [0.2, 0.25) is 0 Å². The van der Waals surface area contributed by atoms with Crippen LogP contribution in [0.2, 0.25) is 0 Å². The molecule has 5 N–H and O–H groups in total. The maximum Gasteiger partial charge on any atom is 0.0991 e. The van der Waals surface area contributed by atoms with Crippen LogP contribution in [0.1, 0.15) is 0 Å². The number of imidazole rings is 1. The summed E-state index contributed by atoms with van der Waals surface area (Å²) >= 11 is 0. The molecule has 0 saturated heterocycles. The highest BCUT2D eigenvalue weighted by Crippen LogP contribution is 2.22. The van der Waals surface area contributed by atoms with E-state index in [1.54, 1.807) is 12.5 Å². The van der Waals surface area contributed by atoms with Gasteiger partial charge in [-0.05, 0) is 18.2 Å². The Bertz CT molecular complexity index is 501. The monoisotopic (exact) mass is 215 g/mol. The molecule has 5 nitrogen and oxygen atoms in total. The van der Waals surface area contributed by atoms with Gasteiger partial charge in [-0.25, -0.2) is 4.98 Å². The Morgan fingerprint density at radius 2 is 2.25 bits per heavy atom. The molecule has 82 valence electrons. The van der Waals surface area contributed by atoms with E-state index in [0.29, 0.717) is 11.5 Å². The van der Waals surface area contributed by atoms with Crippen molar-refractivity contribution in [2.24, 2.45) is 5.73 Å². The molecule has 0 atom stereocenters. The largest absolute Gasteiger partial charge is 0.397 e. The van der Waals surface area contributed by atoms with Gasteiger partial charge in [0.25, 0.3) is 0 Å². The van der Waals surface area contributed by atoms with Gasteiger partial charge < -0.3 is 21.4 Å². The van der Waals surface area contributed by atoms with Crippen molar-refractivity contribution >= 4 is 11.4 Å². The minimum atomic E-state index is 0.363. The first kappa shape index (κ1) is 10.1. The Hall–Kier alpha value is -2.43. The summed E-state index contributed by atoms with van der Waals surface area (Å²) < 4.78 is 1.87. The highest BCUT2D eigenvalue weighted by atomic mass is 15.0. The number of nitrogens with two attached hydrogens (primary N) is 2. The van der Waals surface area contributed by atoms with Crippen LogP contribution in [-0.4, -0.2) is 9.55 Å². The van der Waals surface area contributed by atoms with Gasteiger partial charge in [-0.2, -0.15) is 0 Å². The maximum atomic E-state index is 5.88. The van der Waals surface area contributed by atoms with E-state index < -0.39 is 0 Å². The molecule has 1 heterocycles. The van der Waals surface area contributed by atoms with Crippen LogP contribution in [0.4, 0.5) is 11.4 Å². The first-order chi connectivity index (χ1) is 7.66. The van der Waals surface area contributed by atoms with Crippen molar-refractivity contribution in [2.45, 2.75) is 0 Å². The molecule has 16 heavy (non-hydrogen) atoms. The summed E-state index contributed by atoms with van der Waals surface area (Å²) in [5, 5.41) is 2.88. The average Bonchev–Trinajstić information content (AvgIpc) is 2.73. The molecule has 0 radical (unpaired) electrons. The van der Waals surface area contributed by atoms with E-state index in [4.69, 9.17) is 11.5 Å². The van der Waals surface area contributed by atoms with E-state index in [1.807, 2.05) is 29.0 Å². The summed E-state index contributed by atoms with van der Waals surface area (Å²) in [5.74, 6) is 0.363. The fourth-order valence-corrected chi connectivity index (χ4v) is 1.41. The van der Waals surface area contributed by atoms with E-state index in [-0.39, 0.29) is 0 Å². The fourth-order valence-electron chi connectivity index (χ4n) is 1.41. The molecule has 0 fully saturated rings. The van der Waals surface area contributed by atoms with Gasteiger partial charge in [0.15, 0.2) is 0 Å². The van der Waals surface area contributed by atoms with E-state index in [1.165, 1.54) is 0 Å². The van der Waals surface area contributed by atoms with Crippen LogP contribution in [0.5, 0.6) is 0 Å². The van der Waals surface area contributed by atoms with Crippen LogP contribution < -0.4 is 16.8 Å². The summed E-state index contributed by atoms with van der Waals surface area (Å²) in [6.07, 6.45) is 5.28. The van der Waals surface area contributed by atoms with Crippen LogP contribution in [0.15, 0.2) is 49.3 Å². The predicted octanol–water partition coefficient (Wildman–Crippen LogP) is 1.30. The molecule has 0 unspecified atom stereocenters. The van der Waals surface area contributed by atoms with Crippen molar-refractivity contribution in [1.29, 1.82) is 0 Å². The lowest BCUT2D eigenvalue weighted by molar-refractivity contribution is 1.06. The molecule has 5 heteroatoms. The molecular formula is C11H13N5. The van der Waals surface area contributed by atoms with Crippen molar-refractivity contribution in [3.63, 3.8) is 0 Å². The number of hydrogen-bond acceptors (Lipinski definition) is 4. The lowest BCUT2D eigenvalue weighted by atomic mass is 10.2. The highest BCUT2D eigenvalue weighted by molar-refractivity contribution is 5.70. The molecule has 0 aliphatic carbocycles. The zero-order valence-corrected chi connectivity index (χ0v) is 8.72. The van der Waals surface area contributed by atoms with E-state index in [0.717, 1.165) is 11.4 Å². The van der Waals surface area contributed by atoms with Gasteiger partial charge >= 0.3 is 0 Å². The molecule has 1 aromatic carbocycles. The van der Waals surface area contributed by atoms with Crippen LogP contribution >= 0.6 is 0 Å². The smallest absolute Gasteiger partial charge is 0.0991 e. The number of aromatic nitrogens is 2. The topological polar surface area (TPSA) is 81.9 Å². The summed E-state index contributed by atoms with van der Waals surface area (Å²) in [4.78, 5) is 3.97.